The van der Waals surface area contributed by atoms with Crippen LogP contribution in [0.5, 0.6) is 0 Å². The molecule has 3 aliphatic carbocycles. The molecular formula is C15H19N3O3. The molecule has 0 spiro atoms. The fourth-order valence-electron chi connectivity index (χ4n) is 4.08. The molecule has 4 atom stereocenters. The van der Waals surface area contributed by atoms with Crippen LogP contribution in [0.1, 0.15) is 48.5 Å². The molecule has 1 aromatic rings. The lowest BCUT2D eigenvalue weighted by Crippen LogP contribution is -2.46. The quantitative estimate of drug-likeness (QED) is 0.878. The van der Waals surface area contributed by atoms with Crippen LogP contribution in [-0.2, 0) is 4.79 Å². The van der Waals surface area contributed by atoms with Gasteiger partial charge in [-0.1, -0.05) is 0 Å². The summed E-state index contributed by atoms with van der Waals surface area (Å²) in [5, 5.41) is 16.6. The molecule has 1 heterocycles. The van der Waals surface area contributed by atoms with Crippen molar-refractivity contribution in [3.05, 3.63) is 18.0 Å². The fraction of sp³-hybridized carbons (Fsp3) is 0.667. The van der Waals surface area contributed by atoms with Crippen molar-refractivity contribution in [1.29, 1.82) is 0 Å². The molecule has 0 aliphatic heterocycles. The molecule has 6 heteroatoms. The van der Waals surface area contributed by atoms with Crippen LogP contribution in [0.15, 0.2) is 12.4 Å². The maximum atomic E-state index is 12.3. The number of nitrogens with one attached hydrogen (secondary N) is 1. The highest BCUT2D eigenvalue weighted by Crippen LogP contribution is 2.48. The van der Waals surface area contributed by atoms with Gasteiger partial charge in [0.05, 0.1) is 23.7 Å². The van der Waals surface area contributed by atoms with Gasteiger partial charge in [-0.2, -0.15) is 5.10 Å². The third kappa shape index (κ3) is 2.13. The van der Waals surface area contributed by atoms with Crippen molar-refractivity contribution in [3.8, 4) is 0 Å². The molecule has 3 aliphatic rings. The molecule has 112 valence electrons. The van der Waals surface area contributed by atoms with Crippen LogP contribution >= 0.6 is 0 Å². The van der Waals surface area contributed by atoms with E-state index in [2.05, 4.69) is 10.4 Å². The minimum Gasteiger partial charge on any atom is -0.481 e. The zero-order valence-electron chi connectivity index (χ0n) is 11.7. The van der Waals surface area contributed by atoms with Crippen molar-refractivity contribution in [3.63, 3.8) is 0 Å². The Morgan fingerprint density at radius 2 is 2.00 bits per heavy atom. The molecule has 6 nitrogen and oxygen atoms in total. The lowest BCUT2D eigenvalue weighted by atomic mass is 9.84. The van der Waals surface area contributed by atoms with Gasteiger partial charge >= 0.3 is 5.97 Å². The predicted octanol–water partition coefficient (Wildman–Crippen LogP) is 1.45. The Hall–Kier alpha value is -1.85. The first-order valence-electron chi connectivity index (χ1n) is 7.71. The second-order valence-electron chi connectivity index (χ2n) is 6.64. The van der Waals surface area contributed by atoms with Crippen LogP contribution in [0.2, 0.25) is 0 Å². The first-order chi connectivity index (χ1) is 10.1. The zero-order valence-corrected chi connectivity index (χ0v) is 11.7. The number of aromatic nitrogens is 2. The Morgan fingerprint density at radius 1 is 1.24 bits per heavy atom. The molecular weight excluding hydrogens is 270 g/mol. The second kappa shape index (κ2) is 4.58. The Balaban J connectivity index is 1.48. The molecule has 0 aromatic carbocycles. The maximum absolute atomic E-state index is 12.3. The van der Waals surface area contributed by atoms with Crippen LogP contribution in [-0.4, -0.2) is 32.8 Å². The highest BCUT2D eigenvalue weighted by Gasteiger charge is 2.51. The number of carboxylic acids is 1. The third-order valence-corrected chi connectivity index (χ3v) is 5.28. The molecule has 0 unspecified atom stereocenters. The normalized spacial score (nSPS) is 34.1. The molecule has 21 heavy (non-hydrogen) atoms. The van der Waals surface area contributed by atoms with Crippen molar-refractivity contribution in [2.24, 2.45) is 17.8 Å². The molecule has 0 radical (unpaired) electrons. The first-order valence-corrected chi connectivity index (χ1v) is 7.71. The number of carboxylic acid groups (broad SMARTS) is 1. The van der Waals surface area contributed by atoms with Crippen molar-refractivity contribution >= 4 is 11.9 Å². The fourth-order valence-corrected chi connectivity index (χ4v) is 4.08. The van der Waals surface area contributed by atoms with Gasteiger partial charge < -0.3 is 10.4 Å². The van der Waals surface area contributed by atoms with E-state index < -0.39 is 11.9 Å². The van der Waals surface area contributed by atoms with Gasteiger partial charge in [0.15, 0.2) is 0 Å². The van der Waals surface area contributed by atoms with Crippen LogP contribution in [0.3, 0.4) is 0 Å². The lowest BCUT2D eigenvalue weighted by Gasteiger charge is -2.28. The number of amides is 1. The summed E-state index contributed by atoms with van der Waals surface area (Å²) in [7, 11) is 0. The van der Waals surface area contributed by atoms with Gasteiger partial charge in [-0.3, -0.25) is 14.3 Å². The summed E-state index contributed by atoms with van der Waals surface area (Å²) in [5.74, 6) is -0.844. The summed E-state index contributed by atoms with van der Waals surface area (Å²) in [4.78, 5) is 23.8. The van der Waals surface area contributed by atoms with E-state index in [0.717, 1.165) is 32.1 Å². The van der Waals surface area contributed by atoms with Crippen molar-refractivity contribution in [2.45, 2.75) is 44.2 Å². The monoisotopic (exact) mass is 289 g/mol. The van der Waals surface area contributed by atoms with Gasteiger partial charge in [0.25, 0.3) is 5.91 Å². The van der Waals surface area contributed by atoms with Gasteiger partial charge in [0, 0.05) is 12.2 Å². The minimum absolute atomic E-state index is 0.189. The average Bonchev–Trinajstić information content (AvgIpc) is 2.91. The Labute approximate surface area is 122 Å². The maximum Gasteiger partial charge on any atom is 0.308 e. The van der Waals surface area contributed by atoms with Gasteiger partial charge in [-0.25, -0.2) is 0 Å². The van der Waals surface area contributed by atoms with Crippen LogP contribution in [0.4, 0.5) is 0 Å². The Kier molecular flexibility index (Phi) is 2.80. The molecule has 2 N–H and O–H groups in total. The number of hydrogen-bond acceptors (Lipinski definition) is 3. The van der Waals surface area contributed by atoms with Crippen LogP contribution in [0, 0.1) is 17.8 Å². The number of hydrogen-bond donors (Lipinski definition) is 2. The molecule has 1 aromatic heterocycles. The number of aliphatic carboxylic acids is 1. The SMILES string of the molecule is O=C(N[C@@H]1[C@H]2CC[C@H](C2)[C@@H]1C(=O)O)c1cnn(C2CC2)c1. The van der Waals surface area contributed by atoms with Crippen LogP contribution < -0.4 is 5.32 Å². The van der Waals surface area contributed by atoms with Crippen molar-refractivity contribution in [2.75, 3.05) is 0 Å². The largest absolute Gasteiger partial charge is 0.481 e. The second-order valence-corrected chi connectivity index (χ2v) is 6.64. The molecule has 0 saturated heterocycles. The smallest absolute Gasteiger partial charge is 0.308 e. The number of fused-ring (bicyclic) bond motifs is 2. The van der Waals surface area contributed by atoms with E-state index in [0.29, 0.717) is 17.5 Å². The van der Waals surface area contributed by atoms with E-state index >= 15 is 0 Å². The minimum atomic E-state index is -0.777. The lowest BCUT2D eigenvalue weighted by molar-refractivity contribution is -0.144. The topological polar surface area (TPSA) is 84.2 Å². The summed E-state index contributed by atoms with van der Waals surface area (Å²) in [6, 6.07) is 0.221. The van der Waals surface area contributed by atoms with E-state index in [1.165, 1.54) is 0 Å². The number of nitrogens with zero attached hydrogens (tertiary/aromatic N) is 2. The third-order valence-electron chi connectivity index (χ3n) is 5.28. The molecule has 2 bridgehead atoms. The number of carbonyl (C=O) groups is 2. The Morgan fingerprint density at radius 3 is 2.71 bits per heavy atom. The molecule has 3 saturated carbocycles. The van der Waals surface area contributed by atoms with Gasteiger partial charge in [-0.05, 0) is 43.9 Å². The van der Waals surface area contributed by atoms with Gasteiger partial charge in [0.1, 0.15) is 0 Å². The number of carbonyl (C=O) groups excluding carboxylic acids is 1. The zero-order chi connectivity index (χ0) is 14.6. The molecule has 3 fully saturated rings. The standard InChI is InChI=1S/C15H19N3O3/c19-14(10-6-16-18(7-10)11-3-4-11)17-13-9-2-1-8(5-9)12(13)15(20)21/h6-9,11-13H,1-5H2,(H,17,19)(H,20,21)/t8-,9+,12+,13-/m1/s1. The van der Waals surface area contributed by atoms with Crippen LogP contribution in [0.25, 0.3) is 0 Å². The van der Waals surface area contributed by atoms with Crippen molar-refractivity contribution < 1.29 is 14.7 Å². The molecule has 1 amide bonds. The number of rotatable bonds is 4. The summed E-state index contributed by atoms with van der Waals surface area (Å²) < 4.78 is 1.84. The summed E-state index contributed by atoms with van der Waals surface area (Å²) in [6.07, 6.45) is 8.54. The summed E-state index contributed by atoms with van der Waals surface area (Å²) in [5.41, 5.74) is 0.536. The molecule has 4 rings (SSSR count). The van der Waals surface area contributed by atoms with E-state index in [9.17, 15) is 14.7 Å². The predicted molar refractivity (Wildman–Crippen MR) is 73.7 cm³/mol. The van der Waals surface area contributed by atoms with E-state index in [1.54, 1.807) is 12.4 Å². The van der Waals surface area contributed by atoms with E-state index in [4.69, 9.17) is 0 Å². The summed E-state index contributed by atoms with van der Waals surface area (Å²) >= 11 is 0. The van der Waals surface area contributed by atoms with E-state index in [-0.39, 0.29) is 17.9 Å². The van der Waals surface area contributed by atoms with Crippen molar-refractivity contribution in [1.82, 2.24) is 15.1 Å². The first kappa shape index (κ1) is 12.9. The summed E-state index contributed by atoms with van der Waals surface area (Å²) in [6.45, 7) is 0. The van der Waals surface area contributed by atoms with Gasteiger partial charge in [-0.15, -0.1) is 0 Å². The average molecular weight is 289 g/mol. The Bertz CT molecular complexity index is 593. The van der Waals surface area contributed by atoms with Gasteiger partial charge in [0.2, 0.25) is 0 Å². The highest BCUT2D eigenvalue weighted by atomic mass is 16.4. The highest BCUT2D eigenvalue weighted by molar-refractivity contribution is 5.94. The van der Waals surface area contributed by atoms with E-state index in [1.807, 2.05) is 4.68 Å².